The van der Waals surface area contributed by atoms with Gasteiger partial charge in [0.05, 0.1) is 17.1 Å². The lowest BCUT2D eigenvalue weighted by Gasteiger charge is -1.97. The molecule has 0 aliphatic carbocycles. The highest BCUT2D eigenvalue weighted by Gasteiger charge is 1.99. The SMILES string of the molecule is Nc1c(F)cccc1C#CCCl. The van der Waals surface area contributed by atoms with Crippen LogP contribution in [0.3, 0.4) is 0 Å². The van der Waals surface area contributed by atoms with Gasteiger partial charge in [0.25, 0.3) is 0 Å². The summed E-state index contributed by atoms with van der Waals surface area (Å²) in [5.41, 5.74) is 5.96. The normalized spacial score (nSPS) is 8.83. The molecule has 0 aliphatic heterocycles. The summed E-state index contributed by atoms with van der Waals surface area (Å²) in [6.45, 7) is 0. The summed E-state index contributed by atoms with van der Waals surface area (Å²) < 4.78 is 12.8. The van der Waals surface area contributed by atoms with Crippen LogP contribution < -0.4 is 5.73 Å². The predicted molar refractivity (Wildman–Crippen MR) is 48.4 cm³/mol. The zero-order chi connectivity index (χ0) is 8.97. The molecular formula is C9H7ClFN. The fourth-order valence-electron chi connectivity index (χ4n) is 0.775. The number of hydrogen-bond donors (Lipinski definition) is 1. The second-order valence-corrected chi connectivity index (χ2v) is 2.40. The van der Waals surface area contributed by atoms with Crippen LogP contribution in [-0.2, 0) is 0 Å². The van der Waals surface area contributed by atoms with E-state index < -0.39 is 5.82 Å². The number of rotatable bonds is 0. The highest BCUT2D eigenvalue weighted by atomic mass is 35.5. The Morgan fingerprint density at radius 3 is 2.92 bits per heavy atom. The van der Waals surface area contributed by atoms with Crippen LogP contribution >= 0.6 is 11.6 Å². The minimum absolute atomic E-state index is 0.0788. The average molecular weight is 184 g/mol. The molecule has 0 fully saturated rings. The molecule has 0 unspecified atom stereocenters. The lowest BCUT2D eigenvalue weighted by atomic mass is 10.2. The summed E-state index contributed by atoms with van der Waals surface area (Å²) in [6, 6.07) is 4.50. The van der Waals surface area contributed by atoms with Gasteiger partial charge in [-0.05, 0) is 12.1 Å². The zero-order valence-electron chi connectivity index (χ0n) is 6.27. The average Bonchev–Trinajstić information content (AvgIpc) is 2.08. The Bertz CT molecular complexity index is 338. The third-order valence-corrected chi connectivity index (χ3v) is 1.48. The first-order valence-corrected chi connectivity index (χ1v) is 3.88. The molecule has 1 aromatic carbocycles. The van der Waals surface area contributed by atoms with Gasteiger partial charge in [0.1, 0.15) is 5.82 Å². The van der Waals surface area contributed by atoms with E-state index in [-0.39, 0.29) is 11.6 Å². The smallest absolute Gasteiger partial charge is 0.147 e. The van der Waals surface area contributed by atoms with E-state index in [2.05, 4.69) is 11.8 Å². The summed E-state index contributed by atoms with van der Waals surface area (Å²) in [7, 11) is 0. The van der Waals surface area contributed by atoms with Crippen molar-refractivity contribution in [1.82, 2.24) is 0 Å². The van der Waals surface area contributed by atoms with E-state index in [0.29, 0.717) is 5.56 Å². The van der Waals surface area contributed by atoms with Gasteiger partial charge in [0.15, 0.2) is 0 Å². The third-order valence-electron chi connectivity index (χ3n) is 1.34. The van der Waals surface area contributed by atoms with Crippen molar-refractivity contribution in [2.24, 2.45) is 0 Å². The highest BCUT2D eigenvalue weighted by molar-refractivity contribution is 6.19. The molecule has 3 heteroatoms. The van der Waals surface area contributed by atoms with Gasteiger partial charge in [-0.1, -0.05) is 17.9 Å². The van der Waals surface area contributed by atoms with E-state index >= 15 is 0 Å². The topological polar surface area (TPSA) is 26.0 Å². The first kappa shape index (κ1) is 8.89. The molecule has 0 saturated heterocycles. The Labute approximate surface area is 75.3 Å². The van der Waals surface area contributed by atoms with E-state index in [4.69, 9.17) is 17.3 Å². The number of anilines is 1. The van der Waals surface area contributed by atoms with E-state index in [1.165, 1.54) is 6.07 Å². The second-order valence-electron chi connectivity index (χ2n) is 2.14. The van der Waals surface area contributed by atoms with Crippen molar-refractivity contribution >= 4 is 17.3 Å². The Hall–Kier alpha value is -1.20. The molecular weight excluding hydrogens is 177 g/mol. The van der Waals surface area contributed by atoms with Crippen molar-refractivity contribution in [3.05, 3.63) is 29.6 Å². The van der Waals surface area contributed by atoms with Crippen LogP contribution in [0, 0.1) is 17.7 Å². The standard InChI is InChI=1S/C9H7ClFN/c10-6-2-4-7-3-1-5-8(11)9(7)12/h1,3,5H,6,12H2. The first-order chi connectivity index (χ1) is 5.75. The molecule has 0 atom stereocenters. The fourth-order valence-corrected chi connectivity index (χ4v) is 0.841. The minimum Gasteiger partial charge on any atom is -0.395 e. The molecule has 62 valence electrons. The molecule has 12 heavy (non-hydrogen) atoms. The second kappa shape index (κ2) is 3.99. The summed E-state index contributed by atoms with van der Waals surface area (Å²) in [5.74, 6) is 5.03. The van der Waals surface area contributed by atoms with Gasteiger partial charge in [-0.25, -0.2) is 4.39 Å². The molecule has 0 aliphatic rings. The van der Waals surface area contributed by atoms with Crippen LogP contribution in [0.4, 0.5) is 10.1 Å². The molecule has 0 heterocycles. The molecule has 0 amide bonds. The number of halogens is 2. The van der Waals surface area contributed by atoms with Crippen LogP contribution in [0.5, 0.6) is 0 Å². The van der Waals surface area contributed by atoms with E-state index in [1.54, 1.807) is 12.1 Å². The van der Waals surface area contributed by atoms with Crippen molar-refractivity contribution in [3.8, 4) is 11.8 Å². The lowest BCUT2D eigenvalue weighted by Crippen LogP contribution is -1.93. The quantitative estimate of drug-likeness (QED) is 0.372. The van der Waals surface area contributed by atoms with Gasteiger partial charge < -0.3 is 5.73 Å². The van der Waals surface area contributed by atoms with E-state index in [0.717, 1.165) is 0 Å². The van der Waals surface area contributed by atoms with Gasteiger partial charge in [0, 0.05) is 0 Å². The van der Waals surface area contributed by atoms with Gasteiger partial charge in [-0.15, -0.1) is 11.6 Å². The monoisotopic (exact) mass is 183 g/mol. The van der Waals surface area contributed by atoms with Gasteiger partial charge in [-0.3, -0.25) is 0 Å². The molecule has 1 rings (SSSR count). The fraction of sp³-hybridized carbons (Fsp3) is 0.111. The number of alkyl halides is 1. The Morgan fingerprint density at radius 1 is 1.50 bits per heavy atom. The summed E-state index contributed by atoms with van der Waals surface area (Å²) in [5, 5.41) is 0. The number of nitrogens with two attached hydrogens (primary N) is 1. The largest absolute Gasteiger partial charge is 0.395 e. The maximum absolute atomic E-state index is 12.8. The molecule has 0 bridgehead atoms. The predicted octanol–water partition coefficient (Wildman–Crippen LogP) is 2.00. The van der Waals surface area contributed by atoms with E-state index in [1.807, 2.05) is 0 Å². The maximum atomic E-state index is 12.8. The van der Waals surface area contributed by atoms with Crippen molar-refractivity contribution in [2.45, 2.75) is 0 Å². The third kappa shape index (κ3) is 1.90. The Balaban J connectivity index is 3.08. The van der Waals surface area contributed by atoms with Crippen molar-refractivity contribution < 1.29 is 4.39 Å². The zero-order valence-corrected chi connectivity index (χ0v) is 7.03. The summed E-state index contributed by atoms with van der Waals surface area (Å²) in [6.07, 6.45) is 0. The van der Waals surface area contributed by atoms with Crippen LogP contribution in [0.25, 0.3) is 0 Å². The number of benzene rings is 1. The molecule has 0 saturated carbocycles. The highest BCUT2D eigenvalue weighted by Crippen LogP contribution is 2.13. The van der Waals surface area contributed by atoms with Gasteiger partial charge in [-0.2, -0.15) is 0 Å². The number of para-hydroxylation sites is 1. The van der Waals surface area contributed by atoms with Crippen LogP contribution in [0.15, 0.2) is 18.2 Å². The van der Waals surface area contributed by atoms with Crippen LogP contribution in [0.1, 0.15) is 5.56 Å². The lowest BCUT2D eigenvalue weighted by molar-refractivity contribution is 0.632. The van der Waals surface area contributed by atoms with Crippen LogP contribution in [0.2, 0.25) is 0 Å². The molecule has 1 aromatic rings. The van der Waals surface area contributed by atoms with Crippen molar-refractivity contribution in [2.75, 3.05) is 11.6 Å². The van der Waals surface area contributed by atoms with Crippen LogP contribution in [-0.4, -0.2) is 5.88 Å². The number of nitrogen functional groups attached to an aromatic ring is 1. The minimum atomic E-state index is -0.448. The van der Waals surface area contributed by atoms with E-state index in [9.17, 15) is 4.39 Å². The Kier molecular flexibility index (Phi) is 2.95. The molecule has 0 radical (unpaired) electrons. The molecule has 1 nitrogen and oxygen atoms in total. The molecule has 0 spiro atoms. The maximum Gasteiger partial charge on any atom is 0.147 e. The summed E-state index contributed by atoms with van der Waals surface area (Å²) in [4.78, 5) is 0. The summed E-state index contributed by atoms with van der Waals surface area (Å²) >= 11 is 5.34. The first-order valence-electron chi connectivity index (χ1n) is 3.34. The number of hydrogen-bond acceptors (Lipinski definition) is 1. The Morgan fingerprint density at radius 2 is 2.25 bits per heavy atom. The van der Waals surface area contributed by atoms with Crippen molar-refractivity contribution in [3.63, 3.8) is 0 Å². The molecule has 0 aromatic heterocycles. The van der Waals surface area contributed by atoms with Crippen molar-refractivity contribution in [1.29, 1.82) is 0 Å². The van der Waals surface area contributed by atoms with Gasteiger partial charge in [0.2, 0.25) is 0 Å². The van der Waals surface area contributed by atoms with Gasteiger partial charge >= 0.3 is 0 Å². The molecule has 2 N–H and O–H groups in total.